The summed E-state index contributed by atoms with van der Waals surface area (Å²) in [6.07, 6.45) is 2.37. The molecule has 0 atom stereocenters. The van der Waals surface area contributed by atoms with Gasteiger partial charge in [0.25, 0.3) is 5.91 Å². The molecular weight excluding hydrogens is 270 g/mol. The van der Waals surface area contributed by atoms with Gasteiger partial charge in [0.15, 0.2) is 0 Å². The third-order valence-electron chi connectivity index (χ3n) is 3.43. The summed E-state index contributed by atoms with van der Waals surface area (Å²) in [5.41, 5.74) is -0.149. The predicted molar refractivity (Wildman–Crippen MR) is 79.3 cm³/mol. The van der Waals surface area contributed by atoms with E-state index in [1.165, 1.54) is 0 Å². The van der Waals surface area contributed by atoms with Crippen molar-refractivity contribution >= 4 is 5.91 Å². The van der Waals surface area contributed by atoms with Gasteiger partial charge < -0.3 is 15.4 Å². The lowest BCUT2D eigenvalue weighted by molar-refractivity contribution is 0.0342. The summed E-state index contributed by atoms with van der Waals surface area (Å²) in [5, 5.41) is 12.8. The van der Waals surface area contributed by atoms with Crippen molar-refractivity contribution in [3.05, 3.63) is 11.6 Å². The highest BCUT2D eigenvalue weighted by Gasteiger charge is 2.21. The number of carbonyl (C=O) groups is 1. The van der Waals surface area contributed by atoms with Gasteiger partial charge in [0.1, 0.15) is 5.82 Å². The highest BCUT2D eigenvalue weighted by Crippen LogP contribution is 2.17. The van der Waals surface area contributed by atoms with Gasteiger partial charge in [-0.15, -0.1) is 5.10 Å². The molecule has 1 saturated heterocycles. The number of rotatable bonds is 5. The van der Waals surface area contributed by atoms with Crippen LogP contribution in [0.1, 0.15) is 50.1 Å². The summed E-state index contributed by atoms with van der Waals surface area (Å²) in [6, 6.07) is 0. The topological polar surface area (TPSA) is 91.9 Å². The number of nitrogens with zero attached hydrogens (tertiary/aromatic N) is 2. The summed E-state index contributed by atoms with van der Waals surface area (Å²) in [4.78, 5) is 16.1. The van der Waals surface area contributed by atoms with Gasteiger partial charge in [-0.3, -0.25) is 9.89 Å². The molecule has 2 rings (SSSR count). The monoisotopic (exact) mass is 295 g/mol. The van der Waals surface area contributed by atoms with Crippen LogP contribution in [-0.2, 0) is 10.2 Å². The van der Waals surface area contributed by atoms with Crippen molar-refractivity contribution in [1.82, 2.24) is 25.8 Å². The molecule has 0 unspecified atom stereocenters. The maximum Gasteiger partial charge on any atom is 0.291 e. The lowest BCUT2D eigenvalue weighted by Crippen LogP contribution is -2.35. The van der Waals surface area contributed by atoms with Crippen LogP contribution >= 0.6 is 0 Å². The lowest BCUT2D eigenvalue weighted by Gasteiger charge is -2.22. The van der Waals surface area contributed by atoms with Crippen LogP contribution in [0.3, 0.4) is 0 Å². The maximum absolute atomic E-state index is 11.9. The van der Waals surface area contributed by atoms with Crippen molar-refractivity contribution in [3.8, 4) is 0 Å². The van der Waals surface area contributed by atoms with Crippen molar-refractivity contribution in [2.75, 3.05) is 26.2 Å². The van der Waals surface area contributed by atoms with E-state index in [2.05, 4.69) is 25.8 Å². The van der Waals surface area contributed by atoms with Crippen LogP contribution in [-0.4, -0.2) is 53.4 Å². The fraction of sp³-hybridized carbons (Fsp3) is 0.786. The Morgan fingerprint density at radius 2 is 2.10 bits per heavy atom. The van der Waals surface area contributed by atoms with Crippen molar-refractivity contribution in [3.63, 3.8) is 0 Å². The van der Waals surface area contributed by atoms with Gasteiger partial charge in [0.05, 0.1) is 12.7 Å². The standard InChI is InChI=1S/C14H25N5O2/c1-14(2,3)13-17-11(18-19-13)12(20)16-8-9-21-10-4-6-15-7-5-10/h10,15H,4-9H2,1-3H3,(H,16,20)(H,17,18,19). The minimum atomic E-state index is -0.268. The average Bonchev–Trinajstić information content (AvgIpc) is 2.94. The molecule has 1 aliphatic rings. The van der Waals surface area contributed by atoms with Gasteiger partial charge in [-0.2, -0.15) is 0 Å². The molecule has 1 fully saturated rings. The predicted octanol–water partition coefficient (Wildman–Crippen LogP) is 0.601. The molecule has 7 nitrogen and oxygen atoms in total. The van der Waals surface area contributed by atoms with Gasteiger partial charge in [-0.25, -0.2) is 4.98 Å². The number of nitrogens with one attached hydrogen (secondary N) is 3. The first-order chi connectivity index (χ1) is 9.97. The molecule has 118 valence electrons. The normalized spacial score (nSPS) is 16.9. The number of amides is 1. The fourth-order valence-electron chi connectivity index (χ4n) is 2.13. The number of aromatic nitrogens is 3. The van der Waals surface area contributed by atoms with Gasteiger partial charge in [-0.05, 0) is 25.9 Å². The number of ether oxygens (including phenoxy) is 1. The second kappa shape index (κ2) is 7.00. The van der Waals surface area contributed by atoms with Crippen LogP contribution in [0.5, 0.6) is 0 Å². The van der Waals surface area contributed by atoms with Crippen LogP contribution in [0.15, 0.2) is 0 Å². The van der Waals surface area contributed by atoms with Crippen molar-refractivity contribution in [2.24, 2.45) is 0 Å². The van der Waals surface area contributed by atoms with Gasteiger partial charge in [0, 0.05) is 12.0 Å². The molecule has 21 heavy (non-hydrogen) atoms. The minimum absolute atomic E-state index is 0.149. The Morgan fingerprint density at radius 1 is 1.38 bits per heavy atom. The molecule has 0 saturated carbocycles. The van der Waals surface area contributed by atoms with E-state index in [0.29, 0.717) is 25.1 Å². The van der Waals surface area contributed by atoms with Crippen molar-refractivity contribution in [1.29, 1.82) is 0 Å². The Bertz CT molecular complexity index is 460. The minimum Gasteiger partial charge on any atom is -0.376 e. The van der Waals surface area contributed by atoms with Crippen LogP contribution in [0, 0.1) is 0 Å². The number of aromatic amines is 1. The average molecular weight is 295 g/mol. The van der Waals surface area contributed by atoms with E-state index in [1.54, 1.807) is 0 Å². The van der Waals surface area contributed by atoms with E-state index in [9.17, 15) is 4.79 Å². The molecule has 3 N–H and O–H groups in total. The molecule has 2 heterocycles. The SMILES string of the molecule is CC(C)(C)c1nc(C(=O)NCCOC2CCNCC2)n[nH]1. The Hall–Kier alpha value is -1.47. The molecule has 1 aliphatic heterocycles. The number of carbonyl (C=O) groups excluding carboxylic acids is 1. The zero-order valence-corrected chi connectivity index (χ0v) is 13.0. The summed E-state index contributed by atoms with van der Waals surface area (Å²) >= 11 is 0. The highest BCUT2D eigenvalue weighted by molar-refractivity contribution is 5.90. The second-order valence-electron chi connectivity index (χ2n) is 6.33. The summed E-state index contributed by atoms with van der Waals surface area (Å²) in [6.45, 7) is 9.05. The van der Waals surface area contributed by atoms with Gasteiger partial charge in [-0.1, -0.05) is 20.8 Å². The summed E-state index contributed by atoms with van der Waals surface area (Å²) in [5.74, 6) is 0.621. The molecule has 0 spiro atoms. The Labute approximate surface area is 125 Å². The molecule has 0 aliphatic carbocycles. The number of hydrogen-bond donors (Lipinski definition) is 3. The van der Waals surface area contributed by atoms with E-state index in [0.717, 1.165) is 25.9 Å². The first-order valence-corrected chi connectivity index (χ1v) is 7.50. The molecule has 0 bridgehead atoms. The maximum atomic E-state index is 11.9. The smallest absolute Gasteiger partial charge is 0.291 e. The Balaban J connectivity index is 1.70. The molecule has 1 aromatic rings. The molecule has 1 amide bonds. The molecule has 7 heteroatoms. The summed E-state index contributed by atoms with van der Waals surface area (Å²) < 4.78 is 5.73. The quantitative estimate of drug-likeness (QED) is 0.692. The third-order valence-corrected chi connectivity index (χ3v) is 3.43. The molecular formula is C14H25N5O2. The number of piperidine rings is 1. The van der Waals surface area contributed by atoms with Crippen LogP contribution in [0.25, 0.3) is 0 Å². The molecule has 0 aromatic carbocycles. The number of hydrogen-bond acceptors (Lipinski definition) is 5. The summed E-state index contributed by atoms with van der Waals surface area (Å²) in [7, 11) is 0. The number of H-pyrrole nitrogens is 1. The van der Waals surface area contributed by atoms with Gasteiger partial charge >= 0.3 is 0 Å². The van der Waals surface area contributed by atoms with Crippen molar-refractivity contribution in [2.45, 2.75) is 45.1 Å². The Morgan fingerprint density at radius 3 is 2.71 bits per heavy atom. The zero-order chi connectivity index (χ0) is 15.3. The van der Waals surface area contributed by atoms with Crippen LogP contribution in [0.2, 0.25) is 0 Å². The molecule has 1 aromatic heterocycles. The highest BCUT2D eigenvalue weighted by atomic mass is 16.5. The van der Waals surface area contributed by atoms with Gasteiger partial charge in [0.2, 0.25) is 5.82 Å². The first-order valence-electron chi connectivity index (χ1n) is 7.50. The van der Waals surface area contributed by atoms with Crippen LogP contribution < -0.4 is 10.6 Å². The third kappa shape index (κ3) is 4.78. The van der Waals surface area contributed by atoms with E-state index in [4.69, 9.17) is 4.74 Å². The molecule has 0 radical (unpaired) electrons. The Kier molecular flexibility index (Phi) is 5.30. The van der Waals surface area contributed by atoms with E-state index in [1.807, 2.05) is 20.8 Å². The van der Waals surface area contributed by atoms with E-state index < -0.39 is 0 Å². The van der Waals surface area contributed by atoms with Crippen LogP contribution in [0.4, 0.5) is 0 Å². The lowest BCUT2D eigenvalue weighted by atomic mass is 9.96. The first kappa shape index (κ1) is 15.9. The van der Waals surface area contributed by atoms with Crippen molar-refractivity contribution < 1.29 is 9.53 Å². The van der Waals surface area contributed by atoms with E-state index in [-0.39, 0.29) is 17.1 Å². The fourth-order valence-corrected chi connectivity index (χ4v) is 2.13. The van der Waals surface area contributed by atoms with E-state index >= 15 is 0 Å². The zero-order valence-electron chi connectivity index (χ0n) is 13.0. The largest absolute Gasteiger partial charge is 0.376 e. The second-order valence-corrected chi connectivity index (χ2v) is 6.33.